The van der Waals surface area contributed by atoms with Crippen LogP contribution >= 0.6 is 0 Å². The lowest BCUT2D eigenvalue weighted by Crippen LogP contribution is -2.32. The summed E-state index contributed by atoms with van der Waals surface area (Å²) in [5.74, 6) is 3.59. The lowest BCUT2D eigenvalue weighted by atomic mass is 9.75. The summed E-state index contributed by atoms with van der Waals surface area (Å²) in [6.45, 7) is 9.81. The van der Waals surface area contributed by atoms with Gasteiger partial charge in [0.2, 0.25) is 0 Å². The van der Waals surface area contributed by atoms with Crippen LogP contribution in [0, 0.1) is 35.5 Å². The summed E-state index contributed by atoms with van der Waals surface area (Å²) < 4.78 is 5.71. The zero-order valence-corrected chi connectivity index (χ0v) is 13.7. The van der Waals surface area contributed by atoms with Gasteiger partial charge < -0.3 is 4.74 Å². The normalized spacial score (nSPS) is 42.2. The highest BCUT2D eigenvalue weighted by molar-refractivity contribution is 5.72. The van der Waals surface area contributed by atoms with E-state index in [-0.39, 0.29) is 11.9 Å². The van der Waals surface area contributed by atoms with E-state index in [2.05, 4.69) is 27.7 Å². The molecule has 0 saturated heterocycles. The number of carbonyl (C=O) groups excluding carboxylic acids is 1. The molecule has 2 rings (SSSR count). The van der Waals surface area contributed by atoms with Crippen molar-refractivity contribution in [3.8, 4) is 0 Å². The SMILES string of the molecule is CC1CCC(C(=O)OCC2CC(C)CCC2C)C(C)C1. The van der Waals surface area contributed by atoms with Crippen LogP contribution in [-0.2, 0) is 9.53 Å². The van der Waals surface area contributed by atoms with Crippen LogP contribution in [0.3, 0.4) is 0 Å². The van der Waals surface area contributed by atoms with Gasteiger partial charge in [-0.2, -0.15) is 0 Å². The number of esters is 1. The van der Waals surface area contributed by atoms with Crippen LogP contribution in [0.25, 0.3) is 0 Å². The Morgan fingerprint density at radius 1 is 0.900 bits per heavy atom. The summed E-state index contributed by atoms with van der Waals surface area (Å²) >= 11 is 0. The van der Waals surface area contributed by atoms with E-state index in [9.17, 15) is 4.79 Å². The second-order valence-electron chi connectivity index (χ2n) is 7.79. The molecular formula is C18H32O2. The molecule has 0 spiro atoms. The van der Waals surface area contributed by atoms with E-state index in [1.165, 1.54) is 32.1 Å². The molecule has 0 amide bonds. The van der Waals surface area contributed by atoms with Gasteiger partial charge in [0.1, 0.15) is 0 Å². The lowest BCUT2D eigenvalue weighted by molar-refractivity contribution is -0.154. The third-order valence-electron chi connectivity index (χ3n) is 5.80. The summed E-state index contributed by atoms with van der Waals surface area (Å²) in [5, 5.41) is 0. The Balaban J connectivity index is 1.79. The first-order valence-corrected chi connectivity index (χ1v) is 8.64. The molecule has 2 aliphatic rings. The summed E-state index contributed by atoms with van der Waals surface area (Å²) in [7, 11) is 0. The summed E-state index contributed by atoms with van der Waals surface area (Å²) in [4.78, 5) is 12.3. The van der Waals surface area contributed by atoms with E-state index < -0.39 is 0 Å². The van der Waals surface area contributed by atoms with Crippen molar-refractivity contribution >= 4 is 5.97 Å². The van der Waals surface area contributed by atoms with E-state index in [4.69, 9.17) is 4.74 Å². The predicted molar refractivity (Wildman–Crippen MR) is 82.3 cm³/mol. The molecule has 2 saturated carbocycles. The van der Waals surface area contributed by atoms with Gasteiger partial charge in [-0.1, -0.05) is 40.5 Å². The zero-order chi connectivity index (χ0) is 14.7. The van der Waals surface area contributed by atoms with Crippen molar-refractivity contribution in [2.75, 3.05) is 6.61 Å². The Morgan fingerprint density at radius 2 is 1.55 bits per heavy atom. The molecule has 0 aromatic heterocycles. The maximum Gasteiger partial charge on any atom is 0.309 e. The van der Waals surface area contributed by atoms with Crippen LogP contribution in [0.2, 0.25) is 0 Å². The largest absolute Gasteiger partial charge is 0.465 e. The van der Waals surface area contributed by atoms with Crippen LogP contribution in [-0.4, -0.2) is 12.6 Å². The molecular weight excluding hydrogens is 248 g/mol. The second-order valence-corrected chi connectivity index (χ2v) is 7.79. The van der Waals surface area contributed by atoms with Crippen molar-refractivity contribution in [1.29, 1.82) is 0 Å². The summed E-state index contributed by atoms with van der Waals surface area (Å²) in [6, 6.07) is 0. The average Bonchev–Trinajstić information content (AvgIpc) is 2.39. The molecule has 20 heavy (non-hydrogen) atoms. The van der Waals surface area contributed by atoms with E-state index in [0.29, 0.717) is 24.4 Å². The highest BCUT2D eigenvalue weighted by Crippen LogP contribution is 2.36. The van der Waals surface area contributed by atoms with Crippen LogP contribution in [0.4, 0.5) is 0 Å². The van der Waals surface area contributed by atoms with Crippen molar-refractivity contribution in [2.24, 2.45) is 35.5 Å². The maximum atomic E-state index is 12.3. The Kier molecular flexibility index (Phi) is 5.51. The zero-order valence-electron chi connectivity index (χ0n) is 13.7. The van der Waals surface area contributed by atoms with Gasteiger partial charge in [-0.3, -0.25) is 4.79 Å². The van der Waals surface area contributed by atoms with Gasteiger partial charge in [0.05, 0.1) is 12.5 Å². The Bertz CT molecular complexity index is 325. The predicted octanol–water partition coefficient (Wildman–Crippen LogP) is 4.67. The van der Waals surface area contributed by atoms with E-state index >= 15 is 0 Å². The fourth-order valence-corrected chi connectivity index (χ4v) is 4.19. The minimum absolute atomic E-state index is 0.0785. The van der Waals surface area contributed by atoms with E-state index in [1.807, 2.05) is 0 Å². The maximum absolute atomic E-state index is 12.3. The first-order valence-electron chi connectivity index (χ1n) is 8.64. The first kappa shape index (κ1) is 15.9. The van der Waals surface area contributed by atoms with Crippen molar-refractivity contribution in [1.82, 2.24) is 0 Å². The first-order chi connectivity index (χ1) is 9.47. The van der Waals surface area contributed by atoms with Gasteiger partial charge in [0, 0.05) is 0 Å². The fraction of sp³-hybridized carbons (Fsp3) is 0.944. The molecule has 2 heteroatoms. The number of ether oxygens (including phenoxy) is 1. The molecule has 2 nitrogen and oxygen atoms in total. The molecule has 0 aromatic carbocycles. The molecule has 6 atom stereocenters. The molecule has 0 N–H and O–H groups in total. The third-order valence-corrected chi connectivity index (χ3v) is 5.80. The van der Waals surface area contributed by atoms with Gasteiger partial charge in [-0.25, -0.2) is 0 Å². The Labute approximate surface area is 124 Å². The molecule has 0 heterocycles. The number of rotatable bonds is 3. The van der Waals surface area contributed by atoms with Crippen molar-refractivity contribution < 1.29 is 9.53 Å². The van der Waals surface area contributed by atoms with E-state index in [0.717, 1.165) is 18.3 Å². The van der Waals surface area contributed by atoms with Crippen molar-refractivity contribution in [2.45, 2.75) is 66.2 Å². The third kappa shape index (κ3) is 3.99. The van der Waals surface area contributed by atoms with Gasteiger partial charge >= 0.3 is 5.97 Å². The molecule has 6 unspecified atom stereocenters. The second kappa shape index (κ2) is 6.95. The molecule has 0 radical (unpaired) electrons. The van der Waals surface area contributed by atoms with Crippen molar-refractivity contribution in [3.63, 3.8) is 0 Å². The fourth-order valence-electron chi connectivity index (χ4n) is 4.19. The van der Waals surface area contributed by atoms with Gasteiger partial charge in [-0.05, 0) is 55.3 Å². The number of carbonyl (C=O) groups is 1. The minimum atomic E-state index is 0.0785. The lowest BCUT2D eigenvalue weighted by Gasteiger charge is -2.34. The highest BCUT2D eigenvalue weighted by Gasteiger charge is 2.33. The molecule has 0 bridgehead atoms. The topological polar surface area (TPSA) is 26.3 Å². The summed E-state index contributed by atoms with van der Waals surface area (Å²) in [6.07, 6.45) is 7.24. The van der Waals surface area contributed by atoms with Gasteiger partial charge in [-0.15, -0.1) is 0 Å². The number of hydrogen-bond acceptors (Lipinski definition) is 2. The highest BCUT2D eigenvalue weighted by atomic mass is 16.5. The standard InChI is InChI=1S/C18H32O2/c1-12-6-8-17(15(4)9-12)18(19)20-11-16-10-13(2)5-7-14(16)3/h12-17H,5-11H2,1-4H3. The van der Waals surface area contributed by atoms with E-state index in [1.54, 1.807) is 0 Å². The molecule has 2 fully saturated rings. The monoisotopic (exact) mass is 280 g/mol. The van der Waals surface area contributed by atoms with Crippen LogP contribution in [0.5, 0.6) is 0 Å². The molecule has 116 valence electrons. The average molecular weight is 280 g/mol. The quantitative estimate of drug-likeness (QED) is 0.702. The molecule has 2 aliphatic carbocycles. The van der Waals surface area contributed by atoms with Gasteiger partial charge in [0.25, 0.3) is 0 Å². The molecule has 0 aliphatic heterocycles. The van der Waals surface area contributed by atoms with Crippen molar-refractivity contribution in [3.05, 3.63) is 0 Å². The summed E-state index contributed by atoms with van der Waals surface area (Å²) in [5.41, 5.74) is 0. The minimum Gasteiger partial charge on any atom is -0.465 e. The van der Waals surface area contributed by atoms with Crippen LogP contribution in [0.1, 0.15) is 66.2 Å². The number of hydrogen-bond donors (Lipinski definition) is 0. The van der Waals surface area contributed by atoms with Crippen LogP contribution < -0.4 is 0 Å². The smallest absolute Gasteiger partial charge is 0.309 e. The van der Waals surface area contributed by atoms with Gasteiger partial charge in [0.15, 0.2) is 0 Å². The van der Waals surface area contributed by atoms with Crippen LogP contribution in [0.15, 0.2) is 0 Å². The Morgan fingerprint density at radius 3 is 2.25 bits per heavy atom. The Hall–Kier alpha value is -0.530. The molecule has 0 aromatic rings.